The molecule has 82 valence electrons. The van der Waals surface area contributed by atoms with Crippen LogP contribution < -0.4 is 0 Å². The SMILES string of the molecule is Cc1ccnc(-n2cc(C(=O)O)c(C)n2)n1. The Balaban J connectivity index is 2.49. The number of nitrogens with zero attached hydrogens (tertiary/aromatic N) is 4. The number of aromatic nitrogens is 4. The third-order valence-electron chi connectivity index (χ3n) is 2.12. The van der Waals surface area contributed by atoms with Gasteiger partial charge in [-0.15, -0.1) is 0 Å². The van der Waals surface area contributed by atoms with Crippen molar-refractivity contribution in [3.63, 3.8) is 0 Å². The minimum Gasteiger partial charge on any atom is -0.478 e. The van der Waals surface area contributed by atoms with Gasteiger partial charge in [0.1, 0.15) is 5.56 Å². The molecule has 1 N–H and O–H groups in total. The number of hydrogen-bond donors (Lipinski definition) is 1. The predicted octanol–water partition coefficient (Wildman–Crippen LogP) is 0.977. The average Bonchev–Trinajstić information content (AvgIpc) is 2.60. The lowest BCUT2D eigenvalue weighted by Crippen LogP contribution is -2.02. The first kappa shape index (κ1) is 10.3. The standard InChI is InChI=1S/C10H10N4O2/c1-6-3-4-11-10(12-6)14-5-8(9(15)16)7(2)13-14/h3-5H,1-2H3,(H,15,16). The van der Waals surface area contributed by atoms with E-state index in [4.69, 9.17) is 5.11 Å². The van der Waals surface area contributed by atoms with E-state index in [-0.39, 0.29) is 5.56 Å². The molecular formula is C10H10N4O2. The first-order chi connectivity index (χ1) is 7.58. The van der Waals surface area contributed by atoms with Crippen LogP contribution in [0.1, 0.15) is 21.7 Å². The highest BCUT2D eigenvalue weighted by Gasteiger charge is 2.13. The third-order valence-corrected chi connectivity index (χ3v) is 2.12. The van der Waals surface area contributed by atoms with Crippen LogP contribution in [0.15, 0.2) is 18.5 Å². The molecule has 2 aromatic heterocycles. The molecule has 0 spiro atoms. The molecule has 0 amide bonds. The van der Waals surface area contributed by atoms with Gasteiger partial charge in [-0.3, -0.25) is 0 Å². The van der Waals surface area contributed by atoms with Crippen LogP contribution >= 0.6 is 0 Å². The zero-order chi connectivity index (χ0) is 11.7. The minimum atomic E-state index is -1.00. The lowest BCUT2D eigenvalue weighted by molar-refractivity contribution is 0.0696. The molecule has 0 fully saturated rings. The first-order valence-electron chi connectivity index (χ1n) is 4.67. The molecule has 2 heterocycles. The number of aromatic carboxylic acids is 1. The van der Waals surface area contributed by atoms with E-state index in [0.717, 1.165) is 5.69 Å². The zero-order valence-electron chi connectivity index (χ0n) is 8.88. The van der Waals surface area contributed by atoms with Gasteiger partial charge in [0.25, 0.3) is 5.95 Å². The van der Waals surface area contributed by atoms with E-state index in [9.17, 15) is 4.79 Å². The summed E-state index contributed by atoms with van der Waals surface area (Å²) >= 11 is 0. The second-order valence-electron chi connectivity index (χ2n) is 3.38. The van der Waals surface area contributed by atoms with E-state index in [1.807, 2.05) is 6.92 Å². The summed E-state index contributed by atoms with van der Waals surface area (Å²) in [5, 5.41) is 12.9. The molecule has 6 nitrogen and oxygen atoms in total. The van der Waals surface area contributed by atoms with E-state index in [0.29, 0.717) is 11.6 Å². The zero-order valence-corrected chi connectivity index (χ0v) is 8.88. The molecule has 0 aliphatic carbocycles. The van der Waals surface area contributed by atoms with Crippen LogP contribution in [-0.4, -0.2) is 30.8 Å². The summed E-state index contributed by atoms with van der Waals surface area (Å²) in [5.41, 5.74) is 1.40. The van der Waals surface area contributed by atoms with Gasteiger partial charge in [-0.25, -0.2) is 19.4 Å². The third kappa shape index (κ3) is 1.77. The number of carbonyl (C=O) groups is 1. The van der Waals surface area contributed by atoms with E-state index < -0.39 is 5.97 Å². The summed E-state index contributed by atoms with van der Waals surface area (Å²) in [6, 6.07) is 1.76. The van der Waals surface area contributed by atoms with Crippen molar-refractivity contribution in [3.05, 3.63) is 35.4 Å². The van der Waals surface area contributed by atoms with Crippen LogP contribution in [0.2, 0.25) is 0 Å². The monoisotopic (exact) mass is 218 g/mol. The fraction of sp³-hybridized carbons (Fsp3) is 0.200. The smallest absolute Gasteiger partial charge is 0.339 e. The molecule has 0 saturated carbocycles. The molecule has 0 atom stereocenters. The van der Waals surface area contributed by atoms with Gasteiger partial charge >= 0.3 is 5.97 Å². The predicted molar refractivity (Wildman–Crippen MR) is 55.6 cm³/mol. The van der Waals surface area contributed by atoms with Crippen LogP contribution in [0, 0.1) is 13.8 Å². The van der Waals surface area contributed by atoms with Crippen molar-refractivity contribution in [3.8, 4) is 5.95 Å². The second-order valence-corrected chi connectivity index (χ2v) is 3.38. The van der Waals surface area contributed by atoms with Gasteiger partial charge in [-0.2, -0.15) is 5.10 Å². The summed E-state index contributed by atoms with van der Waals surface area (Å²) in [4.78, 5) is 19.0. The maximum atomic E-state index is 10.8. The molecule has 0 aliphatic heterocycles. The van der Waals surface area contributed by atoms with Gasteiger partial charge in [0, 0.05) is 18.1 Å². The van der Waals surface area contributed by atoms with Crippen molar-refractivity contribution >= 4 is 5.97 Å². The van der Waals surface area contributed by atoms with Crippen molar-refractivity contribution in [1.29, 1.82) is 0 Å². The molecule has 0 saturated heterocycles. The summed E-state index contributed by atoms with van der Waals surface area (Å²) in [7, 11) is 0. The Morgan fingerprint density at radius 3 is 2.75 bits per heavy atom. The molecule has 0 unspecified atom stereocenters. The highest BCUT2D eigenvalue weighted by atomic mass is 16.4. The van der Waals surface area contributed by atoms with Gasteiger partial charge in [0.2, 0.25) is 0 Å². The quantitative estimate of drug-likeness (QED) is 0.812. The lowest BCUT2D eigenvalue weighted by atomic mass is 10.3. The maximum Gasteiger partial charge on any atom is 0.339 e. The number of aryl methyl sites for hydroxylation is 2. The molecule has 0 aromatic carbocycles. The second kappa shape index (κ2) is 3.73. The molecule has 0 aliphatic rings. The van der Waals surface area contributed by atoms with Crippen molar-refractivity contribution in [2.75, 3.05) is 0 Å². The highest BCUT2D eigenvalue weighted by molar-refractivity contribution is 5.88. The summed E-state index contributed by atoms with van der Waals surface area (Å²) in [5.74, 6) is -0.632. The molecule has 6 heteroatoms. The van der Waals surface area contributed by atoms with E-state index in [1.54, 1.807) is 19.2 Å². The Bertz CT molecular complexity index is 548. The van der Waals surface area contributed by atoms with Crippen LogP contribution in [0.4, 0.5) is 0 Å². The van der Waals surface area contributed by atoms with Crippen LogP contribution in [-0.2, 0) is 0 Å². The van der Waals surface area contributed by atoms with Gasteiger partial charge in [0.05, 0.1) is 5.69 Å². The van der Waals surface area contributed by atoms with Crippen molar-refractivity contribution < 1.29 is 9.90 Å². The Morgan fingerprint density at radius 1 is 1.44 bits per heavy atom. The summed E-state index contributed by atoms with van der Waals surface area (Å²) in [6.07, 6.45) is 3.02. The number of hydrogen-bond acceptors (Lipinski definition) is 4. The Kier molecular flexibility index (Phi) is 2.40. The molecule has 0 bridgehead atoms. The molecule has 16 heavy (non-hydrogen) atoms. The van der Waals surface area contributed by atoms with Gasteiger partial charge in [0.15, 0.2) is 0 Å². The van der Waals surface area contributed by atoms with E-state index >= 15 is 0 Å². The lowest BCUT2D eigenvalue weighted by Gasteiger charge is -1.98. The molecule has 0 radical (unpaired) electrons. The highest BCUT2D eigenvalue weighted by Crippen LogP contribution is 2.08. The van der Waals surface area contributed by atoms with Crippen molar-refractivity contribution in [2.45, 2.75) is 13.8 Å². The number of rotatable bonds is 2. The van der Waals surface area contributed by atoms with E-state index in [1.165, 1.54) is 10.9 Å². The molecular weight excluding hydrogens is 208 g/mol. The van der Waals surface area contributed by atoms with Crippen LogP contribution in [0.5, 0.6) is 0 Å². The summed E-state index contributed by atoms with van der Waals surface area (Å²) < 4.78 is 1.37. The number of carboxylic acids is 1. The van der Waals surface area contributed by atoms with Crippen LogP contribution in [0.25, 0.3) is 5.95 Å². The maximum absolute atomic E-state index is 10.8. The minimum absolute atomic E-state index is 0.158. The van der Waals surface area contributed by atoms with Crippen molar-refractivity contribution in [2.24, 2.45) is 0 Å². The van der Waals surface area contributed by atoms with Gasteiger partial charge in [-0.1, -0.05) is 0 Å². The molecule has 2 aromatic rings. The van der Waals surface area contributed by atoms with Gasteiger partial charge < -0.3 is 5.11 Å². The Labute approximate surface area is 91.6 Å². The topological polar surface area (TPSA) is 80.9 Å². The first-order valence-corrected chi connectivity index (χ1v) is 4.67. The fourth-order valence-electron chi connectivity index (χ4n) is 1.32. The van der Waals surface area contributed by atoms with Gasteiger partial charge in [-0.05, 0) is 19.9 Å². The normalized spacial score (nSPS) is 10.4. The van der Waals surface area contributed by atoms with Crippen LogP contribution in [0.3, 0.4) is 0 Å². The Hall–Kier alpha value is -2.24. The number of carboxylic acid groups (broad SMARTS) is 1. The Morgan fingerprint density at radius 2 is 2.19 bits per heavy atom. The van der Waals surface area contributed by atoms with Crippen molar-refractivity contribution in [1.82, 2.24) is 19.7 Å². The van der Waals surface area contributed by atoms with E-state index in [2.05, 4.69) is 15.1 Å². The largest absolute Gasteiger partial charge is 0.478 e. The summed E-state index contributed by atoms with van der Waals surface area (Å²) in [6.45, 7) is 3.47. The molecule has 2 rings (SSSR count). The average molecular weight is 218 g/mol. The fourth-order valence-corrected chi connectivity index (χ4v) is 1.32.